The van der Waals surface area contributed by atoms with Crippen molar-refractivity contribution in [3.8, 4) is 0 Å². The van der Waals surface area contributed by atoms with Gasteiger partial charge in [-0.05, 0) is 54.5 Å². The third-order valence-electron chi connectivity index (χ3n) is 3.65. The number of nitrogens with zero attached hydrogens (tertiary/aromatic N) is 1. The second kappa shape index (κ2) is 7.80. The number of thiocarbonyl (C=S) groups is 1. The molecule has 2 aromatic rings. The summed E-state index contributed by atoms with van der Waals surface area (Å²) in [6, 6.07) is 12.1. The molecule has 1 heterocycles. The monoisotopic (exact) mass is 422 g/mol. The zero-order chi connectivity index (χ0) is 18.8. The third kappa shape index (κ3) is 3.94. The van der Waals surface area contributed by atoms with Crippen LogP contribution in [0.25, 0.3) is 6.08 Å². The van der Waals surface area contributed by atoms with E-state index in [0.717, 1.165) is 22.3 Å². The van der Waals surface area contributed by atoms with E-state index in [2.05, 4.69) is 5.43 Å². The molecule has 0 aliphatic carbocycles. The van der Waals surface area contributed by atoms with Gasteiger partial charge in [-0.3, -0.25) is 15.0 Å². The molecule has 4 nitrogen and oxygen atoms in total. The summed E-state index contributed by atoms with van der Waals surface area (Å²) in [5.41, 5.74) is 4.49. The van der Waals surface area contributed by atoms with Crippen LogP contribution in [0.5, 0.6) is 0 Å². The highest BCUT2D eigenvalue weighted by Crippen LogP contribution is 2.33. The van der Waals surface area contributed by atoms with Gasteiger partial charge in [-0.25, -0.2) is 0 Å². The lowest BCUT2D eigenvalue weighted by Gasteiger charge is -2.16. The van der Waals surface area contributed by atoms with Crippen molar-refractivity contribution in [3.63, 3.8) is 0 Å². The lowest BCUT2D eigenvalue weighted by Crippen LogP contribution is -2.45. The molecule has 0 bridgehead atoms. The highest BCUT2D eigenvalue weighted by atomic mass is 35.5. The molecule has 26 heavy (non-hydrogen) atoms. The second-order valence-electron chi connectivity index (χ2n) is 5.44. The Kier molecular flexibility index (Phi) is 5.67. The molecule has 0 aromatic heterocycles. The Labute approximate surface area is 170 Å². The molecule has 1 N–H and O–H groups in total. The average molecular weight is 423 g/mol. The van der Waals surface area contributed by atoms with Crippen LogP contribution < -0.4 is 5.43 Å². The number of amides is 2. The second-order valence-corrected chi connectivity index (χ2v) is 7.96. The van der Waals surface area contributed by atoms with Crippen molar-refractivity contribution in [1.29, 1.82) is 0 Å². The molecule has 2 amide bonds. The quantitative estimate of drug-likeness (QED) is 0.567. The summed E-state index contributed by atoms with van der Waals surface area (Å²) in [6.45, 7) is 1.82. The fourth-order valence-electron chi connectivity index (χ4n) is 2.31. The van der Waals surface area contributed by atoms with Gasteiger partial charge < -0.3 is 0 Å². The Hall–Kier alpha value is -1.86. The first-order chi connectivity index (χ1) is 12.4. The van der Waals surface area contributed by atoms with Gasteiger partial charge in [0.05, 0.1) is 4.91 Å². The van der Waals surface area contributed by atoms with Gasteiger partial charge in [-0.1, -0.05) is 59.2 Å². The fraction of sp³-hybridized carbons (Fsp3) is 0.0556. The molecule has 1 aliphatic rings. The van der Waals surface area contributed by atoms with Crippen LogP contribution in [0.2, 0.25) is 10.0 Å². The number of thioether (sulfide) groups is 1. The predicted molar refractivity (Wildman–Crippen MR) is 110 cm³/mol. The Morgan fingerprint density at radius 1 is 1.23 bits per heavy atom. The van der Waals surface area contributed by atoms with Crippen molar-refractivity contribution < 1.29 is 9.59 Å². The average Bonchev–Trinajstić information content (AvgIpc) is 2.85. The molecule has 0 saturated carbocycles. The molecule has 0 atom stereocenters. The van der Waals surface area contributed by atoms with E-state index < -0.39 is 11.8 Å². The van der Waals surface area contributed by atoms with Crippen molar-refractivity contribution in [3.05, 3.63) is 74.1 Å². The minimum Gasteiger partial charge on any atom is -0.267 e. The first-order valence-corrected chi connectivity index (χ1v) is 9.44. The summed E-state index contributed by atoms with van der Waals surface area (Å²) in [5, 5.41) is 2.00. The molecule has 0 radical (unpaired) electrons. The van der Waals surface area contributed by atoms with Crippen LogP contribution in [0.3, 0.4) is 0 Å². The molecule has 8 heteroatoms. The van der Waals surface area contributed by atoms with Gasteiger partial charge in [-0.15, -0.1) is 0 Å². The minimum atomic E-state index is -0.409. The molecule has 2 aromatic carbocycles. The molecule has 0 spiro atoms. The number of rotatable bonds is 3. The fourth-order valence-corrected chi connectivity index (χ4v) is 3.95. The summed E-state index contributed by atoms with van der Waals surface area (Å²) in [7, 11) is 0. The Bertz CT molecular complexity index is 960. The van der Waals surface area contributed by atoms with E-state index in [1.54, 1.807) is 36.4 Å². The number of halogens is 2. The summed E-state index contributed by atoms with van der Waals surface area (Å²) in [6.07, 6.45) is 1.62. The molecule has 3 rings (SSSR count). The molecular formula is C18H12Cl2N2O2S2. The van der Waals surface area contributed by atoms with Crippen molar-refractivity contribution in [2.45, 2.75) is 6.92 Å². The van der Waals surface area contributed by atoms with Crippen molar-refractivity contribution in [2.24, 2.45) is 0 Å². The van der Waals surface area contributed by atoms with Gasteiger partial charge in [-0.2, -0.15) is 5.01 Å². The summed E-state index contributed by atoms with van der Waals surface area (Å²) in [5.74, 6) is -0.807. The largest absolute Gasteiger partial charge is 0.285 e. The standard InChI is InChI=1S/C18H12Cl2N2O2S2/c1-10-4-2-3-5-13(10)16(23)21-22-17(24)15(26-18(22)25)8-11-6-7-12(19)9-14(11)20/h2-9H,1H3,(H,21,23)/b15-8-. The van der Waals surface area contributed by atoms with E-state index in [1.807, 2.05) is 19.1 Å². The molecule has 1 aliphatic heterocycles. The van der Waals surface area contributed by atoms with Crippen LogP contribution >= 0.6 is 47.2 Å². The number of benzene rings is 2. The summed E-state index contributed by atoms with van der Waals surface area (Å²) >= 11 is 18.3. The predicted octanol–water partition coefficient (Wildman–Crippen LogP) is 4.85. The zero-order valence-corrected chi connectivity index (χ0v) is 16.6. The van der Waals surface area contributed by atoms with E-state index in [4.69, 9.17) is 35.4 Å². The van der Waals surface area contributed by atoms with Gasteiger partial charge >= 0.3 is 0 Å². The Morgan fingerprint density at radius 2 is 1.96 bits per heavy atom. The molecule has 1 saturated heterocycles. The van der Waals surface area contributed by atoms with Crippen molar-refractivity contribution >= 4 is 69.4 Å². The topological polar surface area (TPSA) is 49.4 Å². The Morgan fingerprint density at radius 3 is 2.65 bits per heavy atom. The van der Waals surface area contributed by atoms with Gasteiger partial charge in [0.15, 0.2) is 4.32 Å². The van der Waals surface area contributed by atoms with E-state index in [9.17, 15) is 9.59 Å². The maximum absolute atomic E-state index is 12.6. The number of hydrazine groups is 1. The highest BCUT2D eigenvalue weighted by molar-refractivity contribution is 8.26. The Balaban J connectivity index is 1.82. The molecule has 0 unspecified atom stereocenters. The van der Waals surface area contributed by atoms with Crippen molar-refractivity contribution in [1.82, 2.24) is 10.4 Å². The normalized spacial score (nSPS) is 15.7. The smallest absolute Gasteiger partial charge is 0.267 e. The minimum absolute atomic E-state index is 0.244. The zero-order valence-electron chi connectivity index (χ0n) is 13.5. The summed E-state index contributed by atoms with van der Waals surface area (Å²) in [4.78, 5) is 25.4. The number of carbonyl (C=O) groups is 2. The van der Waals surface area contributed by atoms with Gasteiger partial charge in [0.25, 0.3) is 11.8 Å². The summed E-state index contributed by atoms with van der Waals surface area (Å²) < 4.78 is 0.244. The number of carbonyl (C=O) groups excluding carboxylic acids is 2. The third-order valence-corrected chi connectivity index (χ3v) is 5.51. The van der Waals surface area contributed by atoms with Gasteiger partial charge in [0.1, 0.15) is 0 Å². The molecule has 1 fully saturated rings. The van der Waals surface area contributed by atoms with Crippen LogP contribution in [-0.4, -0.2) is 21.1 Å². The first kappa shape index (κ1) is 18.9. The van der Waals surface area contributed by atoms with Crippen LogP contribution in [0.15, 0.2) is 47.4 Å². The van der Waals surface area contributed by atoms with Crippen LogP contribution in [0.1, 0.15) is 21.5 Å². The maximum atomic E-state index is 12.6. The van der Waals surface area contributed by atoms with Crippen LogP contribution in [-0.2, 0) is 4.79 Å². The maximum Gasteiger partial charge on any atom is 0.285 e. The van der Waals surface area contributed by atoms with E-state index in [0.29, 0.717) is 26.1 Å². The van der Waals surface area contributed by atoms with E-state index in [1.165, 1.54) is 0 Å². The van der Waals surface area contributed by atoms with Crippen LogP contribution in [0.4, 0.5) is 0 Å². The molecular weight excluding hydrogens is 411 g/mol. The first-order valence-electron chi connectivity index (χ1n) is 7.46. The van der Waals surface area contributed by atoms with Gasteiger partial charge in [0.2, 0.25) is 0 Å². The van der Waals surface area contributed by atoms with E-state index in [-0.39, 0.29) is 4.32 Å². The number of hydrogen-bond acceptors (Lipinski definition) is 4. The van der Waals surface area contributed by atoms with Gasteiger partial charge in [0, 0.05) is 15.6 Å². The van der Waals surface area contributed by atoms with Crippen molar-refractivity contribution in [2.75, 3.05) is 0 Å². The highest BCUT2D eigenvalue weighted by Gasteiger charge is 2.34. The van der Waals surface area contributed by atoms with E-state index >= 15 is 0 Å². The number of aryl methyl sites for hydroxylation is 1. The molecule has 132 valence electrons. The number of hydrogen-bond donors (Lipinski definition) is 1. The SMILES string of the molecule is Cc1ccccc1C(=O)NN1C(=O)/C(=C/c2ccc(Cl)cc2Cl)SC1=S. The van der Waals surface area contributed by atoms with Crippen LogP contribution in [0, 0.1) is 6.92 Å². The lowest BCUT2D eigenvalue weighted by molar-refractivity contribution is -0.123. The lowest BCUT2D eigenvalue weighted by atomic mass is 10.1. The number of nitrogens with one attached hydrogen (secondary N) is 1.